The van der Waals surface area contributed by atoms with Crippen LogP contribution in [-0.4, -0.2) is 62.8 Å². The third kappa shape index (κ3) is 5.43. The Hall–Kier alpha value is -3.34. The monoisotopic (exact) mass is 574 g/mol. The van der Waals surface area contributed by atoms with E-state index in [9.17, 15) is 29.2 Å². The Kier molecular flexibility index (Phi) is 8.29. The largest absolute Gasteiger partial charge is 0.505 e. The zero-order valence-electron chi connectivity index (χ0n) is 23.5. The number of nitrogens with zero attached hydrogens (tertiary/aromatic N) is 2. The molecule has 2 aliphatic carbocycles. The van der Waals surface area contributed by atoms with E-state index in [1.54, 1.807) is 24.4 Å². The normalized spacial score (nSPS) is 27.0. The van der Waals surface area contributed by atoms with Crippen LogP contribution < -0.4 is 0 Å². The molecule has 2 aliphatic heterocycles. The average molecular weight is 574 g/mol. The zero-order valence-corrected chi connectivity index (χ0v) is 23.5. The highest BCUT2D eigenvalue weighted by Crippen LogP contribution is 2.51. The van der Waals surface area contributed by atoms with Crippen molar-refractivity contribution in [2.24, 2.45) is 17.8 Å². The number of aromatic nitrogens is 1. The molecule has 4 atom stereocenters. The smallest absolute Gasteiger partial charge is 0.455 e. The number of allylic oxidation sites excluding steroid dienone is 1. The van der Waals surface area contributed by atoms with Gasteiger partial charge in [0.1, 0.15) is 0 Å². The molecule has 42 heavy (non-hydrogen) atoms. The molecule has 1 aromatic carbocycles. The van der Waals surface area contributed by atoms with E-state index < -0.39 is 42.5 Å². The molecule has 220 valence electrons. The summed E-state index contributed by atoms with van der Waals surface area (Å²) >= 11 is 0. The van der Waals surface area contributed by atoms with E-state index in [4.69, 9.17) is 4.65 Å². The lowest BCUT2D eigenvalue weighted by molar-refractivity contribution is -0.143. The van der Waals surface area contributed by atoms with Crippen LogP contribution in [-0.2, 0) is 14.2 Å². The summed E-state index contributed by atoms with van der Waals surface area (Å²) in [5, 5.41) is 30.9. The van der Waals surface area contributed by atoms with E-state index in [1.165, 1.54) is 17.0 Å². The summed E-state index contributed by atoms with van der Waals surface area (Å²) in [6.45, 7) is -0.244. The van der Waals surface area contributed by atoms with Gasteiger partial charge in [0.2, 0.25) is 11.8 Å². The lowest BCUT2D eigenvalue weighted by Crippen LogP contribution is -2.47. The van der Waals surface area contributed by atoms with Crippen LogP contribution in [0.15, 0.2) is 53.7 Å². The molecule has 2 amide bonds. The number of imide groups is 1. The quantitative estimate of drug-likeness (QED) is 0.255. The van der Waals surface area contributed by atoms with E-state index in [-0.39, 0.29) is 30.8 Å². The fraction of sp³-hybridized carbons (Fsp3) is 0.469. The number of hydrogen-bond donors (Lipinski definition) is 3. The number of aromatic hydroxyl groups is 1. The Labute approximate surface area is 245 Å². The minimum absolute atomic E-state index is 0.0678. The maximum absolute atomic E-state index is 14.1. The second-order valence-electron chi connectivity index (χ2n) is 11.9. The molecule has 4 aliphatic rings. The van der Waals surface area contributed by atoms with Crippen LogP contribution in [0.4, 0.5) is 4.39 Å². The Balaban J connectivity index is 1.29. The fourth-order valence-electron chi connectivity index (χ4n) is 7.56. The summed E-state index contributed by atoms with van der Waals surface area (Å²) in [5.74, 6) is -2.90. The van der Waals surface area contributed by atoms with E-state index >= 15 is 0 Å². The van der Waals surface area contributed by atoms with Gasteiger partial charge in [-0.1, -0.05) is 31.4 Å². The van der Waals surface area contributed by atoms with Gasteiger partial charge in [0, 0.05) is 12.2 Å². The fourth-order valence-corrected chi connectivity index (χ4v) is 7.56. The van der Waals surface area contributed by atoms with Gasteiger partial charge in [0.15, 0.2) is 11.6 Å². The number of benzene rings is 1. The Morgan fingerprint density at radius 3 is 2.64 bits per heavy atom. The number of aliphatic hydroxyl groups is 1. The molecule has 0 radical (unpaired) electrons. The molecule has 2 aromatic rings. The lowest BCUT2D eigenvalue weighted by Gasteiger charge is -2.43. The number of hydrogen-bond acceptors (Lipinski definition) is 7. The summed E-state index contributed by atoms with van der Waals surface area (Å²) in [4.78, 5) is 33.4. The number of likely N-dealkylation sites (tertiary alicyclic amines) is 1. The van der Waals surface area contributed by atoms with Crippen LogP contribution in [0.25, 0.3) is 11.6 Å². The van der Waals surface area contributed by atoms with Crippen molar-refractivity contribution >= 4 is 30.6 Å². The molecule has 3 N–H and O–H groups in total. The molecule has 0 unspecified atom stereocenters. The Morgan fingerprint density at radius 2 is 1.93 bits per heavy atom. The highest BCUT2D eigenvalue weighted by Gasteiger charge is 2.58. The number of halogens is 1. The van der Waals surface area contributed by atoms with Gasteiger partial charge in [0.25, 0.3) is 0 Å². The first-order chi connectivity index (χ1) is 20.4. The molecule has 0 spiro atoms. The van der Waals surface area contributed by atoms with Crippen molar-refractivity contribution in [1.29, 1.82) is 0 Å². The lowest BCUT2D eigenvalue weighted by atomic mass is 9.58. The van der Waals surface area contributed by atoms with E-state index in [1.807, 2.05) is 12.1 Å². The number of carbonyl (C=O) groups is 2. The third-order valence-corrected chi connectivity index (χ3v) is 9.46. The molecule has 3 heterocycles. The zero-order chi connectivity index (χ0) is 29.4. The van der Waals surface area contributed by atoms with Crippen molar-refractivity contribution in [1.82, 2.24) is 9.88 Å². The van der Waals surface area contributed by atoms with Gasteiger partial charge in [-0.3, -0.25) is 19.5 Å². The standard InChI is InChI=1S/C32H36BFN2O6/c34-25-15-19(9-11-27(25)38)14-20(26-8-4-5-13-35-26)10-12-28-29-21(18-37)16-23-30(24(29)17-33(41)42-28)32(40)36(31(23)39)22-6-2-1-3-7-22/h4-5,8-9,11,13-15,22-24,28,30,37-38,41H,1-3,6-7,10,12,16-18H2/b20-14-/t23-,24+,28-,30-/m1/s1. The molecule has 6 rings (SSSR count). The molecular formula is C32H36BFN2O6. The minimum atomic E-state index is -1.11. The van der Waals surface area contributed by atoms with Crippen LogP contribution in [0.5, 0.6) is 5.75 Å². The molecule has 1 saturated carbocycles. The van der Waals surface area contributed by atoms with Gasteiger partial charge in [-0.25, -0.2) is 4.39 Å². The second-order valence-corrected chi connectivity index (χ2v) is 11.9. The highest BCUT2D eigenvalue weighted by molar-refractivity contribution is 6.43. The molecule has 10 heteroatoms. The number of carbonyl (C=O) groups excluding carboxylic acids is 2. The number of amides is 2. The van der Waals surface area contributed by atoms with E-state index in [2.05, 4.69) is 4.98 Å². The van der Waals surface area contributed by atoms with Crippen LogP contribution in [0.1, 0.15) is 62.6 Å². The summed E-state index contributed by atoms with van der Waals surface area (Å²) < 4.78 is 20.2. The average Bonchev–Trinajstić information content (AvgIpc) is 3.26. The van der Waals surface area contributed by atoms with Crippen molar-refractivity contribution < 1.29 is 33.9 Å². The first-order valence-corrected chi connectivity index (χ1v) is 15.0. The van der Waals surface area contributed by atoms with Crippen LogP contribution >= 0.6 is 0 Å². The first-order valence-electron chi connectivity index (χ1n) is 15.0. The summed E-state index contributed by atoms with van der Waals surface area (Å²) in [5.41, 5.74) is 3.59. The first kappa shape index (κ1) is 28.8. The van der Waals surface area contributed by atoms with Crippen molar-refractivity contribution in [3.8, 4) is 5.75 Å². The third-order valence-electron chi connectivity index (χ3n) is 9.46. The van der Waals surface area contributed by atoms with Gasteiger partial charge in [-0.2, -0.15) is 0 Å². The molecule has 1 aromatic heterocycles. The number of aliphatic hydroxyl groups excluding tert-OH is 1. The number of rotatable bonds is 7. The van der Waals surface area contributed by atoms with Gasteiger partial charge >= 0.3 is 7.12 Å². The number of pyridine rings is 1. The van der Waals surface area contributed by atoms with Gasteiger partial charge in [-0.05, 0) is 97.0 Å². The summed E-state index contributed by atoms with van der Waals surface area (Å²) in [6, 6.07) is 9.63. The van der Waals surface area contributed by atoms with Gasteiger partial charge in [-0.15, -0.1) is 0 Å². The van der Waals surface area contributed by atoms with Gasteiger partial charge < -0.3 is 19.9 Å². The topological polar surface area (TPSA) is 120 Å². The highest BCUT2D eigenvalue weighted by atomic mass is 19.1. The van der Waals surface area contributed by atoms with Gasteiger partial charge in [0.05, 0.1) is 30.2 Å². The van der Waals surface area contributed by atoms with E-state index in [0.29, 0.717) is 36.1 Å². The van der Waals surface area contributed by atoms with Crippen molar-refractivity contribution in [2.75, 3.05) is 6.61 Å². The second kappa shape index (κ2) is 12.1. The number of fused-ring (bicyclic) bond motifs is 3. The number of phenolic OH excluding ortho intramolecular Hbond substituents is 1. The van der Waals surface area contributed by atoms with E-state index in [0.717, 1.165) is 43.3 Å². The van der Waals surface area contributed by atoms with Crippen LogP contribution in [0.3, 0.4) is 0 Å². The molecule has 8 nitrogen and oxygen atoms in total. The number of phenols is 1. The Morgan fingerprint density at radius 1 is 1.12 bits per heavy atom. The summed E-state index contributed by atoms with van der Waals surface area (Å²) in [6.07, 6.45) is 9.06. The molecule has 2 saturated heterocycles. The Bertz CT molecular complexity index is 1410. The maximum Gasteiger partial charge on any atom is 0.455 e. The predicted molar refractivity (Wildman–Crippen MR) is 155 cm³/mol. The van der Waals surface area contributed by atoms with Crippen LogP contribution in [0.2, 0.25) is 6.32 Å². The van der Waals surface area contributed by atoms with Crippen molar-refractivity contribution in [2.45, 2.75) is 69.8 Å². The minimum Gasteiger partial charge on any atom is -0.505 e. The van der Waals surface area contributed by atoms with Crippen molar-refractivity contribution in [3.63, 3.8) is 0 Å². The molecule has 3 fully saturated rings. The SMILES string of the molecule is O=C1[C@@H]2[C@@H](CC(CO)=C3[C@@H](CC/C(=C/c4ccc(O)c(F)c4)c4ccccn4)OB(O)C[C@@H]32)C(=O)N1C1CCCCC1. The maximum atomic E-state index is 14.1. The van der Waals surface area contributed by atoms with Crippen molar-refractivity contribution in [3.05, 3.63) is 70.8 Å². The molecular weight excluding hydrogens is 538 g/mol. The summed E-state index contributed by atoms with van der Waals surface area (Å²) in [7, 11) is -1.11. The predicted octanol–water partition coefficient (Wildman–Crippen LogP) is 4.37. The van der Waals surface area contributed by atoms with Crippen LogP contribution in [0, 0.1) is 23.6 Å². The molecule has 0 bridgehead atoms.